The summed E-state index contributed by atoms with van der Waals surface area (Å²) in [6.07, 6.45) is 2.32. The fraction of sp³-hybridized carbons (Fsp3) is 0.550. The first-order valence-electron chi connectivity index (χ1n) is 9.80. The fourth-order valence-electron chi connectivity index (χ4n) is 3.69. The third-order valence-electron chi connectivity index (χ3n) is 5.26. The van der Waals surface area contributed by atoms with Crippen LogP contribution < -0.4 is 20.5 Å². The van der Waals surface area contributed by atoms with E-state index in [1.54, 1.807) is 13.8 Å². The second-order valence-electron chi connectivity index (χ2n) is 8.20. The van der Waals surface area contributed by atoms with Gasteiger partial charge >= 0.3 is 5.97 Å². The number of guanidine groups is 1. The zero-order valence-electron chi connectivity index (χ0n) is 18.6. The van der Waals surface area contributed by atoms with Crippen molar-refractivity contribution in [3.8, 4) is 5.75 Å². The molecule has 10 nitrogen and oxygen atoms in total. The van der Waals surface area contributed by atoms with Gasteiger partial charge in [-0.15, -0.1) is 0 Å². The van der Waals surface area contributed by atoms with E-state index in [1.807, 2.05) is 20.8 Å². The van der Waals surface area contributed by atoms with Crippen molar-refractivity contribution < 1.29 is 27.9 Å². The molecule has 0 radical (unpaired) electrons. The van der Waals surface area contributed by atoms with Crippen molar-refractivity contribution in [3.05, 3.63) is 22.3 Å². The van der Waals surface area contributed by atoms with Gasteiger partial charge in [0.1, 0.15) is 11.4 Å². The van der Waals surface area contributed by atoms with Crippen molar-refractivity contribution >= 4 is 28.4 Å². The third-order valence-corrected chi connectivity index (χ3v) is 6.89. The summed E-state index contributed by atoms with van der Waals surface area (Å²) in [6.45, 7) is 9.30. The Labute approximate surface area is 182 Å². The number of fused-ring (bicyclic) bond motifs is 1. The fourth-order valence-corrected chi connectivity index (χ4v) is 5.22. The molecule has 1 aliphatic rings. The Bertz CT molecular complexity index is 1020. The van der Waals surface area contributed by atoms with Crippen LogP contribution >= 0.6 is 0 Å². The molecule has 0 fully saturated rings. The molecule has 5 N–H and O–H groups in total. The molecule has 1 unspecified atom stereocenters. The minimum absolute atomic E-state index is 0. The number of rotatable bonds is 9. The summed E-state index contributed by atoms with van der Waals surface area (Å²) in [5, 5.41) is 11.0. The predicted octanol–water partition coefficient (Wildman–Crippen LogP) is 0.809. The minimum atomic E-state index is -4.00. The van der Waals surface area contributed by atoms with E-state index in [2.05, 4.69) is 15.0 Å². The Kier molecular flexibility index (Phi) is 7.82. The number of nitrogens with one attached hydrogen (secondary N) is 2. The van der Waals surface area contributed by atoms with Crippen molar-refractivity contribution in [2.24, 2.45) is 10.7 Å². The second-order valence-corrected chi connectivity index (χ2v) is 9.82. The quantitative estimate of drug-likeness (QED) is 0.0971. The number of nitrogens with two attached hydrogens (primary N) is 1. The van der Waals surface area contributed by atoms with Crippen molar-refractivity contribution in [1.82, 2.24) is 10.0 Å². The zero-order valence-corrected chi connectivity index (χ0v) is 21.8. The summed E-state index contributed by atoms with van der Waals surface area (Å²) in [4.78, 5) is 25.4. The van der Waals surface area contributed by atoms with Gasteiger partial charge in [-0.3, -0.25) is 9.79 Å². The van der Waals surface area contributed by atoms with Gasteiger partial charge in [-0.05, 0) is 64.2 Å². The molecule has 1 amide bonds. The van der Waals surface area contributed by atoms with Crippen molar-refractivity contribution in [1.29, 1.82) is 0 Å². The van der Waals surface area contributed by atoms with Crippen LogP contribution in [0.4, 0.5) is 0 Å². The number of carbonyl (C=O) groups is 1. The van der Waals surface area contributed by atoms with Crippen LogP contribution in [0.25, 0.3) is 0 Å². The van der Waals surface area contributed by atoms with Crippen LogP contribution in [0.2, 0.25) is 0 Å². The number of carboxylic acid groups (broad SMARTS) is 1. The minimum Gasteiger partial charge on any atom is -0.520 e. The number of ether oxygens (including phenoxy) is 1. The van der Waals surface area contributed by atoms with Gasteiger partial charge in [0, 0.05) is 18.5 Å². The van der Waals surface area contributed by atoms with Gasteiger partial charge < -0.3 is 25.7 Å². The Morgan fingerprint density at radius 3 is 2.47 bits per heavy atom. The standard InChI is InChI=1S/C20H29N4O6S.Fm/c1-11-12(2)17(13(3)14-9-20(4,5)30-16(11)14)31(28,29)24-19(21)22-8-6-7-15(18(26)27)23-10-25;/h15H,6-9H2,1-5H3,(H,23,25)(H,26,27)(H3,21,22,24);/q-1;. The van der Waals surface area contributed by atoms with Crippen LogP contribution in [-0.4, -0.2) is 50.1 Å². The number of hydrogen-bond acceptors (Lipinski definition) is 6. The Morgan fingerprint density at radius 1 is 1.28 bits per heavy atom. The molecule has 184 valence electrons. The largest absolute Gasteiger partial charge is 0.520 e. The number of carbonyl (C=O) groups excluding carboxylic acids is 1. The van der Waals surface area contributed by atoms with Gasteiger partial charge in [0.05, 0.1) is 10.9 Å². The number of aliphatic imine (C=N–C) groups is 1. The molecule has 12 heteroatoms. The van der Waals surface area contributed by atoms with E-state index >= 15 is 0 Å². The molecule has 0 saturated carbocycles. The van der Waals surface area contributed by atoms with E-state index in [0.717, 1.165) is 16.9 Å². The van der Waals surface area contributed by atoms with Crippen LogP contribution in [0.5, 0.6) is 5.75 Å². The van der Waals surface area contributed by atoms with E-state index in [9.17, 15) is 18.0 Å². The number of carboxylic acids is 1. The summed E-state index contributed by atoms with van der Waals surface area (Å²) in [5.41, 5.74) is 8.18. The molecular formula is C20H29FmN4O6S-. The third kappa shape index (κ3) is 5.45. The van der Waals surface area contributed by atoms with Gasteiger partial charge in [0.25, 0.3) is 10.0 Å². The Hall–Kier alpha value is -3.82. The molecule has 0 aliphatic carbocycles. The second kappa shape index (κ2) is 9.54. The Balaban J connectivity index is 0.00000512. The van der Waals surface area contributed by atoms with E-state index < -0.39 is 27.6 Å². The molecule has 0 saturated heterocycles. The van der Waals surface area contributed by atoms with Crippen LogP contribution in [0, 0.1) is 20.8 Å². The molecule has 2 rings (SSSR count). The average Bonchev–Trinajstić information content (AvgIpc) is 2.97. The number of aliphatic carboxylic acids is 1. The molecule has 32 heavy (non-hydrogen) atoms. The predicted molar refractivity (Wildman–Crippen MR) is 115 cm³/mol. The topological polar surface area (TPSA) is 160 Å². The smallest absolute Gasteiger partial charge is 0.323 e. The van der Waals surface area contributed by atoms with Gasteiger partial charge in [-0.1, -0.05) is 0 Å². The zero-order chi connectivity index (χ0) is 23.6. The first kappa shape index (κ1) is 26.2. The first-order chi connectivity index (χ1) is 14.3. The van der Waals surface area contributed by atoms with Crippen LogP contribution in [0.1, 0.15) is 48.9 Å². The molecule has 1 atom stereocenters. The van der Waals surface area contributed by atoms with Gasteiger partial charge in [-0.2, -0.15) is 6.41 Å². The Morgan fingerprint density at radius 2 is 1.91 bits per heavy atom. The summed E-state index contributed by atoms with van der Waals surface area (Å²) < 4.78 is 34.5. The van der Waals surface area contributed by atoms with Crippen LogP contribution in [0.15, 0.2) is 9.89 Å². The van der Waals surface area contributed by atoms with Gasteiger partial charge in [-0.25, -0.2) is 13.1 Å². The summed E-state index contributed by atoms with van der Waals surface area (Å²) >= 11 is 0. The monoisotopic (exact) mass is 710 g/mol. The van der Waals surface area contributed by atoms with Gasteiger partial charge in [0.2, 0.25) is 5.96 Å². The summed E-state index contributed by atoms with van der Waals surface area (Å²) in [6, 6.07) is -1.09. The van der Waals surface area contributed by atoms with Crippen molar-refractivity contribution in [2.75, 3.05) is 6.54 Å². The van der Waals surface area contributed by atoms with Crippen molar-refractivity contribution in [2.45, 2.75) is 70.4 Å². The van der Waals surface area contributed by atoms with Gasteiger partial charge in [0.15, 0.2) is 0 Å². The molecule has 0 aromatic heterocycles. The molecule has 1 heterocycles. The maximum absolute atomic E-state index is 13.1. The number of nitrogens with zero attached hydrogens (tertiary/aromatic N) is 1. The SMILES string of the molecule is Cc1c(C)c(S(=O)(=O)NC(N)=NCCCC(N[C-]=O)C(=O)O)c(C)c2c1OC(C)(C)C2.[Fm]. The van der Waals surface area contributed by atoms with E-state index in [-0.39, 0.29) is 30.2 Å². The van der Waals surface area contributed by atoms with E-state index in [1.165, 1.54) is 6.41 Å². The molecule has 0 bridgehead atoms. The number of hydrogen-bond donors (Lipinski definition) is 4. The van der Waals surface area contributed by atoms with Crippen LogP contribution in [0.3, 0.4) is 0 Å². The molecule has 1 aliphatic heterocycles. The summed E-state index contributed by atoms with van der Waals surface area (Å²) in [7, 11) is -4.00. The van der Waals surface area contributed by atoms with Crippen molar-refractivity contribution in [3.63, 3.8) is 0 Å². The summed E-state index contributed by atoms with van der Waals surface area (Å²) in [5.74, 6) is -0.754. The molecule has 1 aromatic carbocycles. The molecular weight excluding hydrogens is 681 g/mol. The number of amides is 1. The van der Waals surface area contributed by atoms with Crippen LogP contribution in [-0.2, 0) is 26.0 Å². The maximum Gasteiger partial charge on any atom is 0.323 e. The average molecular weight is 711 g/mol. The normalized spacial score (nSPS) is 15.7. The van der Waals surface area contributed by atoms with E-state index in [0.29, 0.717) is 17.5 Å². The number of sulfonamides is 1. The van der Waals surface area contributed by atoms with E-state index in [4.69, 9.17) is 15.6 Å². The first-order valence-corrected chi connectivity index (χ1v) is 11.3. The molecule has 1 aromatic rings. The number of benzene rings is 1. The maximum atomic E-state index is 13.1. The molecule has 0 spiro atoms.